The van der Waals surface area contributed by atoms with Crippen LogP contribution in [0.2, 0.25) is 0 Å². The van der Waals surface area contributed by atoms with Gasteiger partial charge in [-0.25, -0.2) is 0 Å². The Hall–Kier alpha value is -0.840. The van der Waals surface area contributed by atoms with Gasteiger partial charge in [0.25, 0.3) is 0 Å². The van der Waals surface area contributed by atoms with E-state index in [1.807, 2.05) is 13.0 Å². The van der Waals surface area contributed by atoms with Crippen molar-refractivity contribution in [2.75, 3.05) is 19.8 Å². The molecule has 0 bridgehead atoms. The molecule has 1 N–H and O–H groups in total. The Bertz CT molecular complexity index is 398. The van der Waals surface area contributed by atoms with Crippen molar-refractivity contribution >= 4 is 0 Å². The van der Waals surface area contributed by atoms with Gasteiger partial charge in [0.2, 0.25) is 0 Å². The first-order valence-electron chi connectivity index (χ1n) is 7.09. The molecule has 1 aromatic rings. The van der Waals surface area contributed by atoms with Crippen LogP contribution in [0.3, 0.4) is 0 Å². The molecular formula is C15H22O4. The summed E-state index contributed by atoms with van der Waals surface area (Å²) in [6, 6.07) is 1.85. The van der Waals surface area contributed by atoms with Gasteiger partial charge in [0, 0.05) is 25.4 Å². The first kappa shape index (κ1) is 13.2. The minimum atomic E-state index is -0.845. The summed E-state index contributed by atoms with van der Waals surface area (Å²) in [7, 11) is 0. The summed E-state index contributed by atoms with van der Waals surface area (Å²) in [5, 5.41) is 10.9. The summed E-state index contributed by atoms with van der Waals surface area (Å²) in [5.74, 6) is 0.206. The number of aliphatic hydroxyl groups is 1. The van der Waals surface area contributed by atoms with E-state index in [1.54, 1.807) is 12.5 Å². The predicted octanol–water partition coefficient (Wildman–Crippen LogP) is 2.46. The SMILES string of the molecule is CC(O)(c1ccoc1)C1CCOC2(CCOCC2)C1. The maximum atomic E-state index is 10.9. The van der Waals surface area contributed by atoms with E-state index in [2.05, 4.69) is 0 Å². The van der Waals surface area contributed by atoms with Gasteiger partial charge in [-0.05, 0) is 44.6 Å². The highest BCUT2D eigenvalue weighted by Crippen LogP contribution is 2.44. The molecule has 2 aliphatic heterocycles. The van der Waals surface area contributed by atoms with Crippen molar-refractivity contribution in [3.8, 4) is 0 Å². The molecule has 0 radical (unpaired) electrons. The standard InChI is InChI=1S/C15H22O4/c1-14(16,13-2-6-18-11-13)12-3-7-19-15(10-12)4-8-17-9-5-15/h2,6,11-12,16H,3-5,7-10H2,1H3. The van der Waals surface area contributed by atoms with Crippen LogP contribution in [0.5, 0.6) is 0 Å². The van der Waals surface area contributed by atoms with Crippen LogP contribution in [0.25, 0.3) is 0 Å². The zero-order chi connectivity index (χ0) is 13.3. The van der Waals surface area contributed by atoms with Gasteiger partial charge in [0.1, 0.15) is 0 Å². The van der Waals surface area contributed by atoms with Crippen molar-refractivity contribution in [1.82, 2.24) is 0 Å². The highest BCUT2D eigenvalue weighted by molar-refractivity contribution is 5.17. The number of rotatable bonds is 2. The molecule has 4 nitrogen and oxygen atoms in total. The number of hydrogen-bond donors (Lipinski definition) is 1. The Balaban J connectivity index is 1.77. The molecule has 0 amide bonds. The second-order valence-corrected chi connectivity index (χ2v) is 5.99. The molecule has 106 valence electrons. The lowest BCUT2D eigenvalue weighted by Crippen LogP contribution is -2.48. The van der Waals surface area contributed by atoms with E-state index >= 15 is 0 Å². The van der Waals surface area contributed by atoms with Gasteiger partial charge in [-0.1, -0.05) is 0 Å². The average molecular weight is 266 g/mol. The van der Waals surface area contributed by atoms with E-state index in [-0.39, 0.29) is 11.5 Å². The van der Waals surface area contributed by atoms with Crippen LogP contribution < -0.4 is 0 Å². The third-order valence-electron chi connectivity index (χ3n) is 4.80. The molecule has 1 spiro atoms. The molecule has 0 saturated carbocycles. The van der Waals surface area contributed by atoms with Crippen LogP contribution in [0, 0.1) is 5.92 Å². The smallest absolute Gasteiger partial charge is 0.0963 e. The van der Waals surface area contributed by atoms with Crippen molar-refractivity contribution in [1.29, 1.82) is 0 Å². The molecule has 0 aromatic carbocycles. The summed E-state index contributed by atoms with van der Waals surface area (Å²) >= 11 is 0. The Morgan fingerprint density at radius 2 is 2.11 bits per heavy atom. The van der Waals surface area contributed by atoms with E-state index in [0.29, 0.717) is 0 Å². The van der Waals surface area contributed by atoms with Crippen molar-refractivity contribution < 1.29 is 19.0 Å². The largest absolute Gasteiger partial charge is 0.472 e. The number of furan rings is 1. The molecule has 19 heavy (non-hydrogen) atoms. The molecule has 3 heterocycles. The highest BCUT2D eigenvalue weighted by Gasteiger charge is 2.45. The fourth-order valence-corrected chi connectivity index (χ4v) is 3.39. The first-order chi connectivity index (χ1) is 9.12. The fraction of sp³-hybridized carbons (Fsp3) is 0.733. The van der Waals surface area contributed by atoms with Crippen LogP contribution in [0.1, 0.15) is 38.2 Å². The Morgan fingerprint density at radius 3 is 2.79 bits per heavy atom. The van der Waals surface area contributed by atoms with Gasteiger partial charge < -0.3 is 19.0 Å². The minimum Gasteiger partial charge on any atom is -0.472 e. The van der Waals surface area contributed by atoms with Crippen molar-refractivity contribution in [3.05, 3.63) is 24.2 Å². The summed E-state index contributed by atoms with van der Waals surface area (Å²) in [6.07, 6.45) is 6.92. The molecule has 2 aliphatic rings. The van der Waals surface area contributed by atoms with Gasteiger partial charge in [0.15, 0.2) is 0 Å². The van der Waals surface area contributed by atoms with E-state index in [9.17, 15) is 5.11 Å². The van der Waals surface area contributed by atoms with Crippen LogP contribution in [-0.2, 0) is 15.1 Å². The van der Waals surface area contributed by atoms with E-state index in [0.717, 1.165) is 51.1 Å². The molecule has 0 aliphatic carbocycles. The van der Waals surface area contributed by atoms with Crippen LogP contribution in [0.15, 0.2) is 23.0 Å². The molecule has 2 saturated heterocycles. The molecule has 1 aromatic heterocycles. The van der Waals surface area contributed by atoms with Crippen molar-refractivity contribution in [2.24, 2.45) is 5.92 Å². The lowest BCUT2D eigenvalue weighted by atomic mass is 9.72. The van der Waals surface area contributed by atoms with Gasteiger partial charge in [-0.2, -0.15) is 0 Å². The monoisotopic (exact) mass is 266 g/mol. The lowest BCUT2D eigenvalue weighted by molar-refractivity contribution is -0.174. The lowest BCUT2D eigenvalue weighted by Gasteiger charge is -2.47. The Kier molecular flexibility index (Phi) is 3.41. The van der Waals surface area contributed by atoms with E-state index in [4.69, 9.17) is 13.9 Å². The zero-order valence-corrected chi connectivity index (χ0v) is 11.4. The second-order valence-electron chi connectivity index (χ2n) is 5.99. The third-order valence-corrected chi connectivity index (χ3v) is 4.80. The van der Waals surface area contributed by atoms with E-state index < -0.39 is 5.60 Å². The first-order valence-corrected chi connectivity index (χ1v) is 7.09. The van der Waals surface area contributed by atoms with Crippen molar-refractivity contribution in [2.45, 2.75) is 43.8 Å². The van der Waals surface area contributed by atoms with Crippen LogP contribution >= 0.6 is 0 Å². The summed E-state index contributed by atoms with van der Waals surface area (Å²) < 4.78 is 16.6. The van der Waals surface area contributed by atoms with E-state index in [1.165, 1.54) is 0 Å². The average Bonchev–Trinajstić information content (AvgIpc) is 2.94. The second kappa shape index (κ2) is 4.93. The maximum Gasteiger partial charge on any atom is 0.0963 e. The number of ether oxygens (including phenoxy) is 2. The minimum absolute atomic E-state index is 0.0884. The summed E-state index contributed by atoms with van der Waals surface area (Å²) in [6.45, 7) is 4.14. The molecular weight excluding hydrogens is 244 g/mol. The Labute approximate surface area is 113 Å². The third kappa shape index (κ3) is 2.45. The van der Waals surface area contributed by atoms with Crippen LogP contribution in [0.4, 0.5) is 0 Å². The summed E-state index contributed by atoms with van der Waals surface area (Å²) in [4.78, 5) is 0. The molecule has 3 rings (SSSR count). The van der Waals surface area contributed by atoms with Gasteiger partial charge in [-0.3, -0.25) is 0 Å². The maximum absolute atomic E-state index is 10.9. The quantitative estimate of drug-likeness (QED) is 0.893. The normalized spacial score (nSPS) is 30.1. The molecule has 2 atom stereocenters. The number of hydrogen-bond acceptors (Lipinski definition) is 4. The van der Waals surface area contributed by atoms with Gasteiger partial charge in [0.05, 0.1) is 23.7 Å². The van der Waals surface area contributed by atoms with Gasteiger partial charge >= 0.3 is 0 Å². The van der Waals surface area contributed by atoms with Gasteiger partial charge in [-0.15, -0.1) is 0 Å². The molecule has 2 unspecified atom stereocenters. The molecule has 2 fully saturated rings. The van der Waals surface area contributed by atoms with Crippen molar-refractivity contribution in [3.63, 3.8) is 0 Å². The topological polar surface area (TPSA) is 51.8 Å². The molecule has 4 heteroatoms. The fourth-order valence-electron chi connectivity index (χ4n) is 3.39. The van der Waals surface area contributed by atoms with Crippen LogP contribution in [-0.4, -0.2) is 30.5 Å². The predicted molar refractivity (Wildman–Crippen MR) is 69.7 cm³/mol. The Morgan fingerprint density at radius 1 is 1.32 bits per heavy atom. The highest BCUT2D eigenvalue weighted by atomic mass is 16.5. The summed E-state index contributed by atoms with van der Waals surface area (Å²) in [5.41, 5.74) is -0.0710. The zero-order valence-electron chi connectivity index (χ0n) is 11.4.